The van der Waals surface area contributed by atoms with Gasteiger partial charge in [0.1, 0.15) is 18.2 Å². The average Bonchev–Trinajstić information content (AvgIpc) is 3.33. The third-order valence-corrected chi connectivity index (χ3v) is 8.54. The molecule has 10 nitrogen and oxygen atoms in total. The van der Waals surface area contributed by atoms with Gasteiger partial charge in [-0.1, -0.05) is 51.1 Å². The molecular formula is C30H39N3O7. The van der Waals surface area contributed by atoms with E-state index in [1.807, 2.05) is 39.0 Å². The molecule has 1 N–H and O–H groups in total. The van der Waals surface area contributed by atoms with Crippen LogP contribution in [0.15, 0.2) is 24.3 Å². The van der Waals surface area contributed by atoms with Gasteiger partial charge in [0.25, 0.3) is 0 Å². The lowest BCUT2D eigenvalue weighted by atomic mass is 9.85. The highest BCUT2D eigenvalue weighted by Crippen LogP contribution is 2.50. The zero-order valence-electron chi connectivity index (χ0n) is 23.7. The minimum absolute atomic E-state index is 0.0194. The Morgan fingerprint density at radius 1 is 1.12 bits per heavy atom. The molecule has 5 rings (SSSR count). The number of esters is 1. The van der Waals surface area contributed by atoms with Crippen LogP contribution >= 0.6 is 0 Å². The van der Waals surface area contributed by atoms with Gasteiger partial charge in [0, 0.05) is 18.4 Å². The Hall–Kier alpha value is -3.56. The molecule has 40 heavy (non-hydrogen) atoms. The number of carbonyl (C=O) groups excluding carboxylic acids is 4. The summed E-state index contributed by atoms with van der Waals surface area (Å²) in [5, 5.41) is 2.76. The molecule has 4 bridgehead atoms. The van der Waals surface area contributed by atoms with Crippen LogP contribution in [0.2, 0.25) is 0 Å². The molecule has 3 heterocycles. The standard InChI is InChI=1S/C30H39N3O7/c1-29(2,3)24-25(34)33-16-21(14-23(33)26(35)38-4)40-28(37)32-15-20-10-7-9-19(22(20)17-32)8-5-6-11-30(12-13-30)18-39-27(36)31-24/h5,7-10,21,23-24H,6,11-18H2,1-4H3,(H,31,36)/b8-5+/t21-,23+,24-/m1/s1. The monoisotopic (exact) mass is 553 g/mol. The topological polar surface area (TPSA) is 114 Å². The molecule has 3 amide bonds. The number of rotatable bonds is 1. The summed E-state index contributed by atoms with van der Waals surface area (Å²) in [5.41, 5.74) is 2.52. The fourth-order valence-electron chi connectivity index (χ4n) is 5.87. The van der Waals surface area contributed by atoms with Gasteiger partial charge < -0.3 is 24.4 Å². The van der Waals surface area contributed by atoms with E-state index in [2.05, 4.69) is 17.5 Å². The van der Waals surface area contributed by atoms with Crippen LogP contribution < -0.4 is 5.32 Å². The molecule has 216 valence electrons. The molecule has 0 unspecified atom stereocenters. The largest absolute Gasteiger partial charge is 0.467 e. The summed E-state index contributed by atoms with van der Waals surface area (Å²) < 4.78 is 16.4. The van der Waals surface area contributed by atoms with Gasteiger partial charge in [0.2, 0.25) is 5.91 Å². The molecule has 1 aromatic rings. The van der Waals surface area contributed by atoms with E-state index in [0.29, 0.717) is 19.7 Å². The van der Waals surface area contributed by atoms with Gasteiger partial charge in [0.15, 0.2) is 0 Å². The van der Waals surface area contributed by atoms with Crippen molar-refractivity contribution in [3.05, 3.63) is 41.0 Å². The van der Waals surface area contributed by atoms with Crippen LogP contribution in [0.3, 0.4) is 0 Å². The van der Waals surface area contributed by atoms with Crippen LogP contribution in [0, 0.1) is 10.8 Å². The quantitative estimate of drug-likeness (QED) is 0.413. The van der Waals surface area contributed by atoms with Crippen molar-refractivity contribution in [1.29, 1.82) is 0 Å². The van der Waals surface area contributed by atoms with Gasteiger partial charge in [0.05, 0.1) is 26.8 Å². The number of alkyl carbamates (subject to hydrolysis) is 1. The molecule has 3 aliphatic heterocycles. The molecule has 1 saturated carbocycles. The van der Waals surface area contributed by atoms with Crippen molar-refractivity contribution in [3.8, 4) is 0 Å². The van der Waals surface area contributed by atoms with Crippen LogP contribution in [0.25, 0.3) is 6.08 Å². The second-order valence-electron chi connectivity index (χ2n) is 12.6. The van der Waals surface area contributed by atoms with Gasteiger partial charge in [-0.25, -0.2) is 14.4 Å². The summed E-state index contributed by atoms with van der Waals surface area (Å²) >= 11 is 0. The number of methoxy groups -OCH3 is 1. The molecule has 2 fully saturated rings. The zero-order valence-corrected chi connectivity index (χ0v) is 23.7. The first-order valence-corrected chi connectivity index (χ1v) is 14.0. The van der Waals surface area contributed by atoms with Crippen molar-refractivity contribution >= 4 is 30.1 Å². The molecule has 3 atom stereocenters. The van der Waals surface area contributed by atoms with E-state index in [1.54, 1.807) is 4.90 Å². The Bertz CT molecular complexity index is 1220. The molecule has 1 aromatic carbocycles. The predicted octanol–water partition coefficient (Wildman–Crippen LogP) is 4.01. The minimum Gasteiger partial charge on any atom is -0.467 e. The van der Waals surface area contributed by atoms with Crippen LogP contribution in [0.4, 0.5) is 9.59 Å². The number of ether oxygens (including phenoxy) is 3. The number of amides is 3. The molecular weight excluding hydrogens is 514 g/mol. The smallest absolute Gasteiger partial charge is 0.410 e. The third-order valence-electron chi connectivity index (χ3n) is 8.54. The van der Waals surface area contributed by atoms with Crippen LogP contribution in [0.1, 0.15) is 69.6 Å². The van der Waals surface area contributed by atoms with Crippen molar-refractivity contribution in [2.45, 2.75) is 84.2 Å². The molecule has 1 saturated heterocycles. The third kappa shape index (κ3) is 5.81. The van der Waals surface area contributed by atoms with E-state index < -0.39 is 47.7 Å². The highest BCUT2D eigenvalue weighted by Gasteiger charge is 2.48. The molecule has 1 aliphatic carbocycles. The summed E-state index contributed by atoms with van der Waals surface area (Å²) in [7, 11) is 1.26. The van der Waals surface area contributed by atoms with Crippen molar-refractivity contribution in [2.75, 3.05) is 20.3 Å². The Morgan fingerprint density at radius 3 is 2.60 bits per heavy atom. The van der Waals surface area contributed by atoms with Crippen molar-refractivity contribution in [1.82, 2.24) is 15.1 Å². The molecule has 0 aromatic heterocycles. The average molecular weight is 554 g/mol. The van der Waals surface area contributed by atoms with E-state index in [1.165, 1.54) is 12.0 Å². The number of nitrogens with zero attached hydrogens (tertiary/aromatic N) is 2. The highest BCUT2D eigenvalue weighted by molar-refractivity contribution is 5.91. The van der Waals surface area contributed by atoms with Gasteiger partial charge in [-0.15, -0.1) is 0 Å². The number of cyclic esters (lactones) is 1. The maximum Gasteiger partial charge on any atom is 0.410 e. The zero-order chi connectivity index (χ0) is 28.7. The molecule has 0 radical (unpaired) electrons. The first-order chi connectivity index (χ1) is 19.0. The SMILES string of the molecule is COC(=O)[C@@H]1C[C@@H]2CN1C(=O)[C@H](C(C)(C)C)NC(=O)OCC1(CC/C=C/c3cccc4c3CN(C4)C(=O)O2)CC1. The first kappa shape index (κ1) is 28.0. The molecule has 10 heteroatoms. The highest BCUT2D eigenvalue weighted by atomic mass is 16.6. The number of allylic oxidation sites excluding steroid dienone is 1. The maximum absolute atomic E-state index is 13.8. The number of hydrogen-bond acceptors (Lipinski definition) is 7. The van der Waals surface area contributed by atoms with Gasteiger partial charge in [-0.2, -0.15) is 0 Å². The predicted molar refractivity (Wildman–Crippen MR) is 146 cm³/mol. The maximum atomic E-state index is 13.8. The molecule has 1 spiro atoms. The summed E-state index contributed by atoms with van der Waals surface area (Å²) in [6, 6.07) is 4.16. The normalized spacial score (nSPS) is 27.5. The number of hydrogen-bond donors (Lipinski definition) is 1. The first-order valence-electron chi connectivity index (χ1n) is 14.0. The van der Waals surface area contributed by atoms with Crippen LogP contribution in [0.5, 0.6) is 0 Å². The van der Waals surface area contributed by atoms with Crippen molar-refractivity contribution in [3.63, 3.8) is 0 Å². The van der Waals surface area contributed by atoms with E-state index in [0.717, 1.165) is 42.4 Å². The van der Waals surface area contributed by atoms with Crippen LogP contribution in [-0.4, -0.2) is 72.3 Å². The lowest BCUT2D eigenvalue weighted by Gasteiger charge is -2.34. The Labute approximate surface area is 235 Å². The fourth-order valence-corrected chi connectivity index (χ4v) is 5.87. The van der Waals surface area contributed by atoms with Gasteiger partial charge >= 0.3 is 18.2 Å². The Kier molecular flexibility index (Phi) is 7.54. The van der Waals surface area contributed by atoms with E-state index in [-0.39, 0.29) is 18.4 Å². The molecule has 4 aliphatic rings. The number of benzene rings is 1. The summed E-state index contributed by atoms with van der Waals surface area (Å²) in [5.74, 6) is -1.04. The second kappa shape index (κ2) is 10.8. The second-order valence-corrected chi connectivity index (χ2v) is 12.6. The minimum atomic E-state index is -0.961. The van der Waals surface area contributed by atoms with Gasteiger partial charge in [-0.05, 0) is 47.8 Å². The number of fused-ring (bicyclic) bond motifs is 3. The van der Waals surface area contributed by atoms with Gasteiger partial charge in [-0.3, -0.25) is 9.69 Å². The summed E-state index contributed by atoms with van der Waals surface area (Å²) in [6.07, 6.45) is 6.22. The van der Waals surface area contributed by atoms with E-state index >= 15 is 0 Å². The van der Waals surface area contributed by atoms with Crippen molar-refractivity contribution < 1.29 is 33.4 Å². The lowest BCUT2D eigenvalue weighted by molar-refractivity contribution is -0.152. The van der Waals surface area contributed by atoms with Crippen molar-refractivity contribution in [2.24, 2.45) is 10.8 Å². The Balaban J connectivity index is 1.43. The lowest BCUT2D eigenvalue weighted by Crippen LogP contribution is -2.57. The number of carbonyl (C=O) groups is 4. The number of nitrogens with one attached hydrogen (secondary N) is 1. The van der Waals surface area contributed by atoms with E-state index in [9.17, 15) is 19.2 Å². The van der Waals surface area contributed by atoms with Crippen LogP contribution in [-0.2, 0) is 36.9 Å². The van der Waals surface area contributed by atoms with E-state index in [4.69, 9.17) is 14.2 Å². The Morgan fingerprint density at radius 2 is 1.90 bits per heavy atom. The summed E-state index contributed by atoms with van der Waals surface area (Å²) in [6.45, 7) is 6.69. The fraction of sp³-hybridized carbons (Fsp3) is 0.600. The summed E-state index contributed by atoms with van der Waals surface area (Å²) in [4.78, 5) is 55.7.